The zero-order chi connectivity index (χ0) is 15.3. The molecule has 0 bridgehead atoms. The molecule has 1 rings (SSSR count). The minimum absolute atomic E-state index is 0.281. The van der Waals surface area contributed by atoms with E-state index in [2.05, 4.69) is 10.6 Å². The first-order valence-electron chi connectivity index (χ1n) is 7.57. The molecule has 0 unspecified atom stereocenters. The largest absolute Gasteiger partial charge is 0.506 e. The summed E-state index contributed by atoms with van der Waals surface area (Å²) in [7, 11) is 3.43. The number of para-hydroxylation sites is 1. The SMILES string of the molecule is COCCCCNc1cccc(O)c1NCCCCOC. The van der Waals surface area contributed by atoms with E-state index in [1.807, 2.05) is 12.1 Å². The maximum absolute atomic E-state index is 9.99. The number of phenolic OH excluding ortho intramolecular Hbond substituents is 1. The zero-order valence-corrected chi connectivity index (χ0v) is 13.2. The number of aromatic hydroxyl groups is 1. The quantitative estimate of drug-likeness (QED) is 0.409. The van der Waals surface area contributed by atoms with Crippen LogP contribution in [0.15, 0.2) is 18.2 Å². The van der Waals surface area contributed by atoms with Crippen molar-refractivity contribution < 1.29 is 14.6 Å². The summed E-state index contributed by atoms with van der Waals surface area (Å²) in [6.45, 7) is 3.24. The highest BCUT2D eigenvalue weighted by Gasteiger charge is 2.06. The molecule has 21 heavy (non-hydrogen) atoms. The Balaban J connectivity index is 2.41. The van der Waals surface area contributed by atoms with Gasteiger partial charge in [-0.05, 0) is 37.8 Å². The van der Waals surface area contributed by atoms with Crippen LogP contribution >= 0.6 is 0 Å². The predicted molar refractivity (Wildman–Crippen MR) is 87.3 cm³/mol. The van der Waals surface area contributed by atoms with Crippen molar-refractivity contribution >= 4 is 11.4 Å². The molecule has 0 heterocycles. The van der Waals surface area contributed by atoms with Crippen molar-refractivity contribution in [3.8, 4) is 5.75 Å². The van der Waals surface area contributed by atoms with Crippen LogP contribution in [-0.2, 0) is 9.47 Å². The molecule has 3 N–H and O–H groups in total. The molecule has 5 nitrogen and oxygen atoms in total. The van der Waals surface area contributed by atoms with Gasteiger partial charge in [-0.2, -0.15) is 0 Å². The fourth-order valence-corrected chi connectivity index (χ4v) is 2.05. The lowest BCUT2D eigenvalue weighted by Gasteiger charge is -2.15. The molecular weight excluding hydrogens is 268 g/mol. The number of rotatable bonds is 12. The highest BCUT2D eigenvalue weighted by Crippen LogP contribution is 2.31. The molecule has 120 valence electrons. The maximum Gasteiger partial charge on any atom is 0.140 e. The zero-order valence-electron chi connectivity index (χ0n) is 13.2. The van der Waals surface area contributed by atoms with Gasteiger partial charge in [-0.15, -0.1) is 0 Å². The van der Waals surface area contributed by atoms with Gasteiger partial charge in [0.2, 0.25) is 0 Å². The van der Waals surface area contributed by atoms with E-state index in [1.165, 1.54) is 0 Å². The number of hydrogen-bond acceptors (Lipinski definition) is 5. The van der Waals surface area contributed by atoms with Gasteiger partial charge < -0.3 is 25.2 Å². The standard InChI is InChI=1S/C16H28N2O3/c1-20-12-5-3-10-17-14-8-7-9-15(19)16(14)18-11-4-6-13-21-2/h7-9,17-19H,3-6,10-13H2,1-2H3. The normalized spacial score (nSPS) is 10.6. The van der Waals surface area contributed by atoms with Crippen molar-refractivity contribution in [1.82, 2.24) is 0 Å². The van der Waals surface area contributed by atoms with Crippen LogP contribution in [-0.4, -0.2) is 45.6 Å². The average molecular weight is 296 g/mol. The summed E-state index contributed by atoms with van der Waals surface area (Å²) >= 11 is 0. The van der Waals surface area contributed by atoms with Crippen LogP contribution in [0.3, 0.4) is 0 Å². The van der Waals surface area contributed by atoms with E-state index < -0.39 is 0 Å². The molecule has 0 fully saturated rings. The number of hydrogen-bond donors (Lipinski definition) is 3. The Bertz CT molecular complexity index is 386. The summed E-state index contributed by atoms with van der Waals surface area (Å²) in [4.78, 5) is 0. The molecule has 0 saturated carbocycles. The first-order chi connectivity index (χ1) is 10.3. The number of ether oxygens (including phenoxy) is 2. The summed E-state index contributed by atoms with van der Waals surface area (Å²) in [6, 6.07) is 5.53. The Morgan fingerprint density at radius 3 is 2.14 bits per heavy atom. The molecule has 1 aromatic carbocycles. The Morgan fingerprint density at radius 1 is 0.905 bits per heavy atom. The Morgan fingerprint density at radius 2 is 1.52 bits per heavy atom. The van der Waals surface area contributed by atoms with Crippen molar-refractivity contribution in [2.45, 2.75) is 25.7 Å². The molecule has 0 aromatic heterocycles. The highest BCUT2D eigenvalue weighted by molar-refractivity contribution is 5.75. The van der Waals surface area contributed by atoms with Gasteiger partial charge in [-0.25, -0.2) is 0 Å². The summed E-state index contributed by atoms with van der Waals surface area (Å²) < 4.78 is 10.1. The number of benzene rings is 1. The van der Waals surface area contributed by atoms with E-state index in [9.17, 15) is 5.11 Å². The molecule has 5 heteroatoms. The van der Waals surface area contributed by atoms with E-state index in [0.29, 0.717) is 0 Å². The second kappa shape index (κ2) is 11.2. The average Bonchev–Trinajstić information content (AvgIpc) is 2.49. The van der Waals surface area contributed by atoms with E-state index in [4.69, 9.17) is 9.47 Å². The molecule has 0 spiro atoms. The molecule has 0 atom stereocenters. The van der Waals surface area contributed by atoms with Gasteiger partial charge in [0.1, 0.15) is 11.4 Å². The molecule has 0 saturated heterocycles. The summed E-state index contributed by atoms with van der Waals surface area (Å²) in [6.07, 6.45) is 4.09. The molecule has 0 aliphatic heterocycles. The van der Waals surface area contributed by atoms with Crippen molar-refractivity contribution in [2.75, 3.05) is 51.2 Å². The lowest BCUT2D eigenvalue weighted by atomic mass is 10.2. The van der Waals surface area contributed by atoms with Crippen LogP contribution in [0.4, 0.5) is 11.4 Å². The minimum atomic E-state index is 0.281. The molecule has 0 radical (unpaired) electrons. The topological polar surface area (TPSA) is 62.8 Å². The number of phenols is 1. The number of nitrogens with one attached hydrogen (secondary N) is 2. The highest BCUT2D eigenvalue weighted by atomic mass is 16.5. The van der Waals surface area contributed by atoms with Crippen LogP contribution in [0, 0.1) is 0 Å². The van der Waals surface area contributed by atoms with Crippen molar-refractivity contribution in [3.63, 3.8) is 0 Å². The van der Waals surface area contributed by atoms with E-state index in [-0.39, 0.29) is 5.75 Å². The van der Waals surface area contributed by atoms with E-state index >= 15 is 0 Å². The van der Waals surface area contributed by atoms with Crippen LogP contribution in [0.5, 0.6) is 5.75 Å². The fourth-order valence-electron chi connectivity index (χ4n) is 2.05. The number of unbranched alkanes of at least 4 members (excludes halogenated alkanes) is 2. The van der Waals surface area contributed by atoms with Crippen LogP contribution in [0.2, 0.25) is 0 Å². The number of anilines is 2. The van der Waals surface area contributed by atoms with Gasteiger partial charge in [0, 0.05) is 40.5 Å². The van der Waals surface area contributed by atoms with Crippen LogP contribution in [0.1, 0.15) is 25.7 Å². The van der Waals surface area contributed by atoms with Crippen molar-refractivity contribution in [2.24, 2.45) is 0 Å². The summed E-state index contributed by atoms with van der Waals surface area (Å²) in [5.41, 5.74) is 1.72. The second-order valence-corrected chi connectivity index (χ2v) is 4.95. The monoisotopic (exact) mass is 296 g/mol. The molecule has 1 aromatic rings. The Kier molecular flexibility index (Phi) is 9.40. The smallest absolute Gasteiger partial charge is 0.140 e. The van der Waals surface area contributed by atoms with Gasteiger partial charge in [-0.3, -0.25) is 0 Å². The predicted octanol–water partition coefficient (Wildman–Crippen LogP) is 3.07. The second-order valence-electron chi connectivity index (χ2n) is 4.95. The third kappa shape index (κ3) is 7.20. The lowest BCUT2D eigenvalue weighted by molar-refractivity contribution is 0.193. The summed E-state index contributed by atoms with van der Waals surface area (Å²) in [5.74, 6) is 0.281. The fraction of sp³-hybridized carbons (Fsp3) is 0.625. The van der Waals surface area contributed by atoms with Gasteiger partial charge in [0.25, 0.3) is 0 Å². The van der Waals surface area contributed by atoms with Gasteiger partial charge in [0.15, 0.2) is 0 Å². The molecular formula is C16H28N2O3. The first-order valence-corrected chi connectivity index (χ1v) is 7.57. The third-order valence-corrected chi connectivity index (χ3v) is 3.21. The van der Waals surface area contributed by atoms with Crippen LogP contribution < -0.4 is 10.6 Å². The molecule has 0 amide bonds. The van der Waals surface area contributed by atoms with Crippen molar-refractivity contribution in [1.29, 1.82) is 0 Å². The van der Waals surface area contributed by atoms with Crippen LogP contribution in [0.25, 0.3) is 0 Å². The lowest BCUT2D eigenvalue weighted by Crippen LogP contribution is -2.08. The Hall–Kier alpha value is -1.46. The van der Waals surface area contributed by atoms with E-state index in [0.717, 1.165) is 63.4 Å². The summed E-state index contributed by atoms with van der Waals surface area (Å²) in [5, 5.41) is 16.6. The first kappa shape index (κ1) is 17.6. The number of methoxy groups -OCH3 is 2. The minimum Gasteiger partial charge on any atom is -0.506 e. The van der Waals surface area contributed by atoms with Gasteiger partial charge >= 0.3 is 0 Å². The molecule has 0 aliphatic carbocycles. The van der Waals surface area contributed by atoms with E-state index in [1.54, 1.807) is 20.3 Å². The van der Waals surface area contributed by atoms with Gasteiger partial charge in [0.05, 0.1) is 5.69 Å². The van der Waals surface area contributed by atoms with Crippen molar-refractivity contribution in [3.05, 3.63) is 18.2 Å². The third-order valence-electron chi connectivity index (χ3n) is 3.21. The van der Waals surface area contributed by atoms with Gasteiger partial charge in [-0.1, -0.05) is 6.07 Å². The maximum atomic E-state index is 9.99. The Labute approximate surface area is 127 Å². The molecule has 0 aliphatic rings.